The molecule has 118 valence electrons. The fourth-order valence-electron chi connectivity index (χ4n) is 1.85. The first-order valence-corrected chi connectivity index (χ1v) is 8.92. The van der Waals surface area contributed by atoms with Crippen LogP contribution >= 0.6 is 11.3 Å². The highest BCUT2D eigenvalue weighted by molar-refractivity contribution is 7.91. The van der Waals surface area contributed by atoms with Crippen LogP contribution in [0.25, 0.3) is 0 Å². The smallest absolute Gasteiger partial charge is 0.252 e. The second-order valence-electron chi connectivity index (χ2n) is 4.77. The van der Waals surface area contributed by atoms with Gasteiger partial charge in [-0.25, -0.2) is 8.42 Å². The molecule has 0 fully saturated rings. The maximum atomic E-state index is 12.2. The molecule has 2 aromatic heterocycles. The quantitative estimate of drug-likeness (QED) is 0.868. The van der Waals surface area contributed by atoms with Gasteiger partial charge in [0.2, 0.25) is 5.91 Å². The molecule has 1 N–H and O–H groups in total. The van der Waals surface area contributed by atoms with Crippen LogP contribution in [-0.4, -0.2) is 37.2 Å². The van der Waals surface area contributed by atoms with Crippen LogP contribution in [0.15, 0.2) is 46.2 Å². The Morgan fingerprint density at radius 3 is 2.77 bits per heavy atom. The Hall–Kier alpha value is -1.77. The molecule has 0 aliphatic rings. The first-order valence-electron chi connectivity index (χ1n) is 6.60. The second-order valence-corrected chi connectivity index (χ2v) is 7.99. The monoisotopic (exact) mass is 339 g/mol. The minimum Gasteiger partial charge on any atom is -0.348 e. The van der Waals surface area contributed by atoms with E-state index in [4.69, 9.17) is 0 Å². The number of likely N-dealkylation sites (N-methyl/N-ethyl adjacent to an activating group) is 1. The molecule has 8 heteroatoms. The fraction of sp³-hybridized carbons (Fsp3) is 0.286. The molecule has 22 heavy (non-hydrogen) atoms. The number of nitrogens with zero attached hydrogens (tertiary/aromatic N) is 2. The van der Waals surface area contributed by atoms with E-state index in [1.807, 2.05) is 13.0 Å². The van der Waals surface area contributed by atoms with Crippen molar-refractivity contribution in [3.8, 4) is 0 Å². The molecule has 0 bridgehead atoms. The van der Waals surface area contributed by atoms with Crippen molar-refractivity contribution in [2.24, 2.45) is 0 Å². The number of aromatic nitrogens is 1. The Labute approximate surface area is 133 Å². The maximum Gasteiger partial charge on any atom is 0.252 e. The topological polar surface area (TPSA) is 79.4 Å². The summed E-state index contributed by atoms with van der Waals surface area (Å²) in [6, 6.07) is 6.58. The number of amides is 1. The molecule has 0 spiro atoms. The van der Waals surface area contributed by atoms with Crippen LogP contribution in [0.2, 0.25) is 0 Å². The van der Waals surface area contributed by atoms with Crippen molar-refractivity contribution >= 4 is 27.3 Å². The average Bonchev–Trinajstić information content (AvgIpc) is 3.02. The molecule has 0 radical (unpaired) electrons. The third-order valence-electron chi connectivity index (χ3n) is 3.09. The molecule has 6 nitrogen and oxygen atoms in total. The minimum atomic E-state index is -3.61. The van der Waals surface area contributed by atoms with Crippen molar-refractivity contribution in [3.05, 3.63) is 47.6 Å². The maximum absolute atomic E-state index is 12.2. The molecule has 0 saturated carbocycles. The largest absolute Gasteiger partial charge is 0.348 e. The summed E-state index contributed by atoms with van der Waals surface area (Å²) < 4.78 is 25.7. The van der Waals surface area contributed by atoms with Crippen LogP contribution < -0.4 is 5.32 Å². The third-order valence-corrected chi connectivity index (χ3v) is 6.26. The summed E-state index contributed by atoms with van der Waals surface area (Å²) in [6.45, 7) is 1.59. The fourth-order valence-corrected chi connectivity index (χ4v) is 4.18. The van der Waals surface area contributed by atoms with Crippen LogP contribution in [0.1, 0.15) is 18.5 Å². The number of hydrogen-bond donors (Lipinski definition) is 1. The predicted molar refractivity (Wildman–Crippen MR) is 84.9 cm³/mol. The SMILES string of the molecule is CC(NC(=O)CN(C)S(=O)(=O)c1cccs1)c1cccnc1. The molecule has 0 saturated heterocycles. The van der Waals surface area contributed by atoms with Crippen molar-refractivity contribution in [1.29, 1.82) is 0 Å². The van der Waals surface area contributed by atoms with Gasteiger partial charge in [-0.3, -0.25) is 9.78 Å². The van der Waals surface area contributed by atoms with E-state index in [0.717, 1.165) is 21.2 Å². The number of hydrogen-bond acceptors (Lipinski definition) is 5. The van der Waals surface area contributed by atoms with Crippen molar-refractivity contribution < 1.29 is 13.2 Å². The van der Waals surface area contributed by atoms with E-state index < -0.39 is 10.0 Å². The molecule has 1 unspecified atom stereocenters. The lowest BCUT2D eigenvalue weighted by Gasteiger charge is -2.18. The molecule has 1 amide bonds. The number of carbonyl (C=O) groups is 1. The van der Waals surface area contributed by atoms with Gasteiger partial charge >= 0.3 is 0 Å². The molecular weight excluding hydrogens is 322 g/mol. The summed E-state index contributed by atoms with van der Waals surface area (Å²) in [5, 5.41) is 4.45. The van der Waals surface area contributed by atoms with Crippen molar-refractivity contribution in [2.45, 2.75) is 17.2 Å². The van der Waals surface area contributed by atoms with Gasteiger partial charge in [-0.15, -0.1) is 11.3 Å². The Morgan fingerprint density at radius 2 is 2.18 bits per heavy atom. The number of carbonyl (C=O) groups excluding carboxylic acids is 1. The Bertz CT molecular complexity index is 715. The number of nitrogens with one attached hydrogen (secondary N) is 1. The van der Waals surface area contributed by atoms with Gasteiger partial charge in [0.05, 0.1) is 12.6 Å². The van der Waals surface area contributed by atoms with Crippen LogP contribution in [0, 0.1) is 0 Å². The summed E-state index contributed by atoms with van der Waals surface area (Å²) in [5.41, 5.74) is 0.861. The number of thiophene rings is 1. The van der Waals surface area contributed by atoms with Gasteiger partial charge in [-0.1, -0.05) is 12.1 Å². The number of pyridine rings is 1. The number of rotatable bonds is 6. The molecule has 2 rings (SSSR count). The molecule has 2 heterocycles. The van der Waals surface area contributed by atoms with E-state index in [0.29, 0.717) is 0 Å². The Kier molecular flexibility index (Phi) is 5.28. The van der Waals surface area contributed by atoms with Gasteiger partial charge in [0, 0.05) is 19.4 Å². The standard InChI is InChI=1S/C14H17N3O3S2/c1-11(12-5-3-7-15-9-12)16-13(18)10-17(2)22(19,20)14-6-4-8-21-14/h3-9,11H,10H2,1-2H3,(H,16,18). The summed E-state index contributed by atoms with van der Waals surface area (Å²) >= 11 is 1.13. The third kappa shape index (κ3) is 3.90. The van der Waals surface area contributed by atoms with E-state index in [2.05, 4.69) is 10.3 Å². The lowest BCUT2D eigenvalue weighted by atomic mass is 10.1. The van der Waals surface area contributed by atoms with Crippen molar-refractivity contribution in [1.82, 2.24) is 14.6 Å². The zero-order valence-electron chi connectivity index (χ0n) is 12.3. The lowest BCUT2D eigenvalue weighted by Crippen LogP contribution is -2.39. The summed E-state index contributed by atoms with van der Waals surface area (Å²) in [4.78, 5) is 16.0. The number of sulfonamides is 1. The van der Waals surface area contributed by atoms with E-state index in [9.17, 15) is 13.2 Å². The molecule has 1 atom stereocenters. The average molecular weight is 339 g/mol. The summed E-state index contributed by atoms with van der Waals surface area (Å²) in [5.74, 6) is -0.362. The Morgan fingerprint density at radius 1 is 1.41 bits per heavy atom. The van der Waals surface area contributed by atoms with Crippen molar-refractivity contribution in [2.75, 3.05) is 13.6 Å². The van der Waals surface area contributed by atoms with Crippen LogP contribution in [0.4, 0.5) is 0 Å². The molecule has 0 aliphatic heterocycles. The predicted octanol–water partition coefficient (Wildman–Crippen LogP) is 1.64. The molecule has 0 aliphatic carbocycles. The molecular formula is C14H17N3O3S2. The van der Waals surface area contributed by atoms with Gasteiger partial charge < -0.3 is 5.32 Å². The molecule has 0 aromatic carbocycles. The van der Waals surface area contributed by atoms with Gasteiger partial charge in [0.15, 0.2) is 0 Å². The first-order chi connectivity index (χ1) is 10.4. The van der Waals surface area contributed by atoms with Gasteiger partial charge in [-0.2, -0.15) is 4.31 Å². The minimum absolute atomic E-state index is 0.225. The second kappa shape index (κ2) is 6.99. The highest BCUT2D eigenvalue weighted by Gasteiger charge is 2.24. The Balaban J connectivity index is 1.97. The summed E-state index contributed by atoms with van der Waals surface area (Å²) in [6.07, 6.45) is 3.32. The zero-order valence-corrected chi connectivity index (χ0v) is 13.9. The highest BCUT2D eigenvalue weighted by atomic mass is 32.2. The van der Waals surface area contributed by atoms with E-state index in [1.54, 1.807) is 29.9 Å². The van der Waals surface area contributed by atoms with Crippen LogP contribution in [0.3, 0.4) is 0 Å². The van der Waals surface area contributed by atoms with Gasteiger partial charge in [0.1, 0.15) is 4.21 Å². The zero-order chi connectivity index (χ0) is 16.2. The van der Waals surface area contributed by atoms with Gasteiger partial charge in [-0.05, 0) is 30.0 Å². The van der Waals surface area contributed by atoms with E-state index in [1.165, 1.54) is 13.1 Å². The highest BCUT2D eigenvalue weighted by Crippen LogP contribution is 2.19. The first kappa shape index (κ1) is 16.6. The van der Waals surface area contributed by atoms with Crippen LogP contribution in [-0.2, 0) is 14.8 Å². The normalized spacial score (nSPS) is 13.0. The van der Waals surface area contributed by atoms with E-state index >= 15 is 0 Å². The van der Waals surface area contributed by atoms with Crippen LogP contribution in [0.5, 0.6) is 0 Å². The van der Waals surface area contributed by atoms with Gasteiger partial charge in [0.25, 0.3) is 10.0 Å². The lowest BCUT2D eigenvalue weighted by molar-refractivity contribution is -0.121. The van der Waals surface area contributed by atoms with Crippen molar-refractivity contribution in [3.63, 3.8) is 0 Å². The molecule has 2 aromatic rings. The summed E-state index contributed by atoms with van der Waals surface area (Å²) in [7, 11) is -2.22. The van der Waals surface area contributed by atoms with E-state index in [-0.39, 0.29) is 22.7 Å².